The highest BCUT2D eigenvalue weighted by atomic mass is 32.1. The summed E-state index contributed by atoms with van der Waals surface area (Å²) in [6.45, 7) is 4.69. The molecule has 0 spiro atoms. The van der Waals surface area contributed by atoms with Crippen molar-refractivity contribution in [3.63, 3.8) is 0 Å². The second-order valence-electron chi connectivity index (χ2n) is 4.05. The molecule has 0 saturated carbocycles. The highest BCUT2D eigenvalue weighted by Gasteiger charge is 2.23. The summed E-state index contributed by atoms with van der Waals surface area (Å²) in [5.41, 5.74) is 1.63. The standard InChI is InChI=1S/C11H16S/c1-8(2)10-5-3-4-9-6-7-12-11(9)10/h6-8,10H,3-5H2,1-2H3. The van der Waals surface area contributed by atoms with Crippen LogP contribution < -0.4 is 0 Å². The van der Waals surface area contributed by atoms with E-state index in [1.54, 1.807) is 10.4 Å². The van der Waals surface area contributed by atoms with Gasteiger partial charge in [-0.15, -0.1) is 11.3 Å². The van der Waals surface area contributed by atoms with Gasteiger partial charge in [0.25, 0.3) is 0 Å². The van der Waals surface area contributed by atoms with Crippen LogP contribution in [0.3, 0.4) is 0 Å². The first-order chi connectivity index (χ1) is 5.79. The first kappa shape index (κ1) is 8.31. The summed E-state index contributed by atoms with van der Waals surface area (Å²) in [6, 6.07) is 2.31. The number of rotatable bonds is 1. The van der Waals surface area contributed by atoms with Gasteiger partial charge in [0.15, 0.2) is 0 Å². The molecule has 1 heterocycles. The van der Waals surface area contributed by atoms with E-state index in [1.165, 1.54) is 19.3 Å². The quantitative estimate of drug-likeness (QED) is 0.616. The number of aryl methyl sites for hydroxylation is 1. The van der Waals surface area contributed by atoms with Crippen LogP contribution in [-0.4, -0.2) is 0 Å². The molecule has 1 aromatic rings. The maximum Gasteiger partial charge on any atom is 0.0111 e. The summed E-state index contributed by atoms with van der Waals surface area (Å²) < 4.78 is 0. The molecule has 0 fully saturated rings. The van der Waals surface area contributed by atoms with Gasteiger partial charge in [-0.3, -0.25) is 0 Å². The number of hydrogen-bond donors (Lipinski definition) is 0. The van der Waals surface area contributed by atoms with Crippen LogP contribution in [0.4, 0.5) is 0 Å². The monoisotopic (exact) mass is 180 g/mol. The first-order valence-corrected chi connectivity index (χ1v) is 5.73. The van der Waals surface area contributed by atoms with Crippen molar-refractivity contribution in [3.05, 3.63) is 21.9 Å². The van der Waals surface area contributed by atoms with E-state index in [4.69, 9.17) is 0 Å². The molecule has 0 N–H and O–H groups in total. The lowest BCUT2D eigenvalue weighted by Crippen LogP contribution is -2.11. The van der Waals surface area contributed by atoms with Crippen LogP contribution in [-0.2, 0) is 6.42 Å². The van der Waals surface area contributed by atoms with Gasteiger partial charge in [0, 0.05) is 4.88 Å². The van der Waals surface area contributed by atoms with Crippen molar-refractivity contribution in [3.8, 4) is 0 Å². The van der Waals surface area contributed by atoms with Gasteiger partial charge in [-0.05, 0) is 48.1 Å². The molecule has 1 heteroatoms. The molecule has 0 saturated heterocycles. The van der Waals surface area contributed by atoms with Crippen molar-refractivity contribution in [1.82, 2.24) is 0 Å². The fourth-order valence-corrected chi connectivity index (χ4v) is 3.42. The third-order valence-electron chi connectivity index (χ3n) is 2.88. The Morgan fingerprint density at radius 3 is 3.08 bits per heavy atom. The van der Waals surface area contributed by atoms with E-state index in [-0.39, 0.29) is 0 Å². The maximum absolute atomic E-state index is 2.35. The Hall–Kier alpha value is -0.300. The zero-order chi connectivity index (χ0) is 8.55. The molecule has 1 aromatic heterocycles. The third kappa shape index (κ3) is 1.31. The molecule has 0 bridgehead atoms. The van der Waals surface area contributed by atoms with E-state index < -0.39 is 0 Å². The van der Waals surface area contributed by atoms with Gasteiger partial charge in [-0.1, -0.05) is 13.8 Å². The van der Waals surface area contributed by atoms with Crippen molar-refractivity contribution in [2.24, 2.45) is 5.92 Å². The van der Waals surface area contributed by atoms with Gasteiger partial charge in [0.2, 0.25) is 0 Å². The molecule has 0 nitrogen and oxygen atoms in total. The van der Waals surface area contributed by atoms with Crippen LogP contribution in [0.25, 0.3) is 0 Å². The Kier molecular flexibility index (Phi) is 2.22. The Labute approximate surface area is 78.6 Å². The second kappa shape index (κ2) is 3.21. The molecular formula is C11H16S. The summed E-state index contributed by atoms with van der Waals surface area (Å²) in [6.07, 6.45) is 4.12. The molecule has 1 aliphatic rings. The van der Waals surface area contributed by atoms with Crippen LogP contribution >= 0.6 is 11.3 Å². The number of thiophene rings is 1. The van der Waals surface area contributed by atoms with Crippen molar-refractivity contribution < 1.29 is 0 Å². The lowest BCUT2D eigenvalue weighted by molar-refractivity contribution is 0.441. The molecule has 0 amide bonds. The predicted molar refractivity (Wildman–Crippen MR) is 54.8 cm³/mol. The summed E-state index contributed by atoms with van der Waals surface area (Å²) in [4.78, 5) is 1.68. The van der Waals surface area contributed by atoms with E-state index in [9.17, 15) is 0 Å². The maximum atomic E-state index is 2.35. The van der Waals surface area contributed by atoms with E-state index in [0.717, 1.165) is 11.8 Å². The molecule has 66 valence electrons. The third-order valence-corrected chi connectivity index (χ3v) is 3.97. The molecule has 1 unspecified atom stereocenters. The van der Waals surface area contributed by atoms with E-state index in [0.29, 0.717) is 0 Å². The lowest BCUT2D eigenvalue weighted by atomic mass is 9.82. The molecule has 0 radical (unpaired) electrons. The summed E-state index contributed by atoms with van der Waals surface area (Å²) in [7, 11) is 0. The van der Waals surface area contributed by atoms with Crippen molar-refractivity contribution >= 4 is 11.3 Å². The Morgan fingerprint density at radius 2 is 2.33 bits per heavy atom. The SMILES string of the molecule is CC(C)C1CCCc2ccsc21. The summed E-state index contributed by atoms with van der Waals surface area (Å²) in [5, 5.41) is 2.26. The minimum atomic E-state index is 0.822. The smallest absolute Gasteiger partial charge is 0.0111 e. The van der Waals surface area contributed by atoms with Crippen LogP contribution in [0.2, 0.25) is 0 Å². The fourth-order valence-electron chi connectivity index (χ4n) is 2.16. The summed E-state index contributed by atoms with van der Waals surface area (Å²) >= 11 is 1.96. The minimum Gasteiger partial charge on any atom is -0.148 e. The molecule has 0 aromatic carbocycles. The first-order valence-electron chi connectivity index (χ1n) is 4.85. The van der Waals surface area contributed by atoms with Gasteiger partial charge >= 0.3 is 0 Å². The highest BCUT2D eigenvalue weighted by Crippen LogP contribution is 2.39. The molecule has 1 atom stereocenters. The van der Waals surface area contributed by atoms with E-state index >= 15 is 0 Å². The molecule has 1 aliphatic carbocycles. The molecule has 12 heavy (non-hydrogen) atoms. The Morgan fingerprint density at radius 1 is 1.50 bits per heavy atom. The summed E-state index contributed by atoms with van der Waals surface area (Å²) in [5.74, 6) is 1.68. The van der Waals surface area contributed by atoms with E-state index in [1.807, 2.05) is 11.3 Å². The van der Waals surface area contributed by atoms with Crippen LogP contribution in [0.1, 0.15) is 43.0 Å². The van der Waals surface area contributed by atoms with Gasteiger partial charge in [0.05, 0.1) is 0 Å². The van der Waals surface area contributed by atoms with Gasteiger partial charge < -0.3 is 0 Å². The average molecular weight is 180 g/mol. The topological polar surface area (TPSA) is 0 Å². The van der Waals surface area contributed by atoms with Crippen molar-refractivity contribution in [2.45, 2.75) is 39.0 Å². The zero-order valence-electron chi connectivity index (χ0n) is 7.84. The molecule has 0 aliphatic heterocycles. The number of fused-ring (bicyclic) bond motifs is 1. The van der Waals surface area contributed by atoms with Crippen LogP contribution in [0.15, 0.2) is 11.4 Å². The Bertz CT molecular complexity index is 260. The van der Waals surface area contributed by atoms with E-state index in [2.05, 4.69) is 25.3 Å². The van der Waals surface area contributed by atoms with Gasteiger partial charge in [-0.25, -0.2) is 0 Å². The highest BCUT2D eigenvalue weighted by molar-refractivity contribution is 7.10. The molecular weight excluding hydrogens is 164 g/mol. The molecule has 2 rings (SSSR count). The minimum absolute atomic E-state index is 0.822. The Balaban J connectivity index is 2.31. The normalized spacial score (nSPS) is 22.8. The van der Waals surface area contributed by atoms with Crippen LogP contribution in [0, 0.1) is 5.92 Å². The zero-order valence-corrected chi connectivity index (χ0v) is 8.66. The van der Waals surface area contributed by atoms with Crippen molar-refractivity contribution in [1.29, 1.82) is 0 Å². The predicted octanol–water partition coefficient (Wildman–Crippen LogP) is 3.82. The fraction of sp³-hybridized carbons (Fsp3) is 0.636. The van der Waals surface area contributed by atoms with Crippen molar-refractivity contribution in [2.75, 3.05) is 0 Å². The average Bonchev–Trinajstić information content (AvgIpc) is 2.49. The number of hydrogen-bond acceptors (Lipinski definition) is 1. The van der Waals surface area contributed by atoms with Gasteiger partial charge in [-0.2, -0.15) is 0 Å². The second-order valence-corrected chi connectivity index (χ2v) is 5.00. The lowest BCUT2D eigenvalue weighted by Gasteiger charge is -2.25. The van der Waals surface area contributed by atoms with Crippen LogP contribution in [0.5, 0.6) is 0 Å². The largest absolute Gasteiger partial charge is 0.148 e. The van der Waals surface area contributed by atoms with Gasteiger partial charge in [0.1, 0.15) is 0 Å².